The molecule has 2 aromatic carbocycles. The summed E-state index contributed by atoms with van der Waals surface area (Å²) in [5.74, 6) is -0.233. The van der Waals surface area contributed by atoms with Gasteiger partial charge in [-0.1, -0.05) is 30.3 Å². The minimum absolute atomic E-state index is 0.233. The van der Waals surface area contributed by atoms with E-state index >= 15 is 0 Å². The summed E-state index contributed by atoms with van der Waals surface area (Å²) >= 11 is 0. The summed E-state index contributed by atoms with van der Waals surface area (Å²) < 4.78 is 15.1. The van der Waals surface area contributed by atoms with E-state index < -0.39 is 0 Å². The zero-order valence-corrected chi connectivity index (χ0v) is 11.8. The number of hydrogen-bond donors (Lipinski definition) is 0. The fourth-order valence-corrected chi connectivity index (χ4v) is 2.33. The lowest BCUT2D eigenvalue weighted by atomic mass is 10.1. The molecule has 0 fully saturated rings. The molecule has 21 heavy (non-hydrogen) atoms. The lowest BCUT2D eigenvalue weighted by molar-refractivity contribution is -0.688. The Balaban J connectivity index is 1.94. The Morgan fingerprint density at radius 2 is 1.67 bits per heavy atom. The normalized spacial score (nSPS) is 10.6. The molecule has 0 amide bonds. The van der Waals surface area contributed by atoms with E-state index in [0.29, 0.717) is 0 Å². The number of benzene rings is 2. The standard InChI is InChI=1S/C18H16FN2/c1-14-11-21(12-15-5-3-2-4-6-15)13-18(20-14)16-7-9-17(19)10-8-16/h2-11,13H,12H2,1H3/q+1. The van der Waals surface area contributed by atoms with Crippen LogP contribution in [0.25, 0.3) is 11.3 Å². The summed E-state index contributed by atoms with van der Waals surface area (Å²) in [7, 11) is 0. The molecule has 0 saturated heterocycles. The van der Waals surface area contributed by atoms with E-state index in [1.165, 1.54) is 17.7 Å². The first-order chi connectivity index (χ1) is 10.2. The molecule has 3 rings (SSSR count). The Morgan fingerprint density at radius 3 is 2.38 bits per heavy atom. The lowest BCUT2D eigenvalue weighted by Gasteiger charge is -2.03. The van der Waals surface area contributed by atoms with Gasteiger partial charge in [0.05, 0.1) is 0 Å². The second-order valence-corrected chi connectivity index (χ2v) is 5.06. The smallest absolute Gasteiger partial charge is 0.195 e. The van der Waals surface area contributed by atoms with Crippen molar-refractivity contribution in [2.45, 2.75) is 13.5 Å². The van der Waals surface area contributed by atoms with E-state index in [1.54, 1.807) is 12.1 Å². The minimum Gasteiger partial charge on any atom is -0.241 e. The van der Waals surface area contributed by atoms with Crippen LogP contribution in [0.2, 0.25) is 0 Å². The molecule has 3 heteroatoms. The van der Waals surface area contributed by atoms with Crippen molar-refractivity contribution in [1.82, 2.24) is 4.98 Å². The van der Waals surface area contributed by atoms with Crippen molar-refractivity contribution in [3.63, 3.8) is 0 Å². The Morgan fingerprint density at radius 1 is 0.952 bits per heavy atom. The fourth-order valence-electron chi connectivity index (χ4n) is 2.33. The molecule has 0 bridgehead atoms. The molecule has 0 unspecified atom stereocenters. The zero-order valence-electron chi connectivity index (χ0n) is 11.8. The summed E-state index contributed by atoms with van der Waals surface area (Å²) in [6.07, 6.45) is 4.01. The molecule has 104 valence electrons. The van der Waals surface area contributed by atoms with Crippen LogP contribution in [0.5, 0.6) is 0 Å². The molecule has 0 atom stereocenters. The molecule has 2 nitrogen and oxygen atoms in total. The fraction of sp³-hybridized carbons (Fsp3) is 0.111. The van der Waals surface area contributed by atoms with Crippen LogP contribution in [0, 0.1) is 12.7 Å². The molecule has 3 aromatic rings. The van der Waals surface area contributed by atoms with Crippen molar-refractivity contribution in [2.24, 2.45) is 0 Å². The van der Waals surface area contributed by atoms with Crippen LogP contribution in [0.3, 0.4) is 0 Å². The lowest BCUT2D eigenvalue weighted by Crippen LogP contribution is -2.34. The van der Waals surface area contributed by atoms with Crippen LogP contribution in [-0.2, 0) is 6.54 Å². The Kier molecular flexibility index (Phi) is 3.73. The zero-order chi connectivity index (χ0) is 14.7. The van der Waals surface area contributed by atoms with E-state index in [4.69, 9.17) is 0 Å². The monoisotopic (exact) mass is 279 g/mol. The van der Waals surface area contributed by atoms with Crippen molar-refractivity contribution in [1.29, 1.82) is 0 Å². The van der Waals surface area contributed by atoms with Gasteiger partial charge in [0.2, 0.25) is 0 Å². The molecule has 0 aliphatic rings. The maximum absolute atomic E-state index is 13.0. The maximum Gasteiger partial charge on any atom is 0.195 e. The molecule has 0 radical (unpaired) electrons. The third-order valence-electron chi connectivity index (χ3n) is 3.29. The van der Waals surface area contributed by atoms with Crippen molar-refractivity contribution in [3.8, 4) is 11.3 Å². The molecule has 0 N–H and O–H groups in total. The quantitative estimate of drug-likeness (QED) is 0.670. The molecule has 0 aliphatic heterocycles. The summed E-state index contributed by atoms with van der Waals surface area (Å²) in [6, 6.07) is 16.7. The van der Waals surface area contributed by atoms with Crippen LogP contribution < -0.4 is 4.57 Å². The number of aromatic nitrogens is 2. The first-order valence-electron chi connectivity index (χ1n) is 6.88. The average molecular weight is 279 g/mol. The molecular weight excluding hydrogens is 263 g/mol. The highest BCUT2D eigenvalue weighted by Crippen LogP contribution is 2.16. The predicted molar refractivity (Wildman–Crippen MR) is 80.1 cm³/mol. The van der Waals surface area contributed by atoms with Crippen LogP contribution >= 0.6 is 0 Å². The third-order valence-corrected chi connectivity index (χ3v) is 3.29. The van der Waals surface area contributed by atoms with E-state index in [2.05, 4.69) is 21.7 Å². The topological polar surface area (TPSA) is 16.8 Å². The highest BCUT2D eigenvalue weighted by Gasteiger charge is 2.10. The van der Waals surface area contributed by atoms with Gasteiger partial charge < -0.3 is 0 Å². The molecule has 0 saturated carbocycles. The third kappa shape index (κ3) is 3.31. The summed E-state index contributed by atoms with van der Waals surface area (Å²) in [6.45, 7) is 2.76. The molecule has 0 spiro atoms. The van der Waals surface area contributed by atoms with E-state index in [0.717, 1.165) is 23.5 Å². The number of hydrogen-bond acceptors (Lipinski definition) is 1. The van der Waals surface area contributed by atoms with Gasteiger partial charge in [0, 0.05) is 11.1 Å². The molecular formula is C18H16FN2+. The predicted octanol–water partition coefficient (Wildman–Crippen LogP) is 3.53. The van der Waals surface area contributed by atoms with Gasteiger partial charge in [0.1, 0.15) is 17.2 Å². The van der Waals surface area contributed by atoms with Gasteiger partial charge in [-0.05, 0) is 31.2 Å². The largest absolute Gasteiger partial charge is 0.241 e. The van der Waals surface area contributed by atoms with Crippen LogP contribution in [0.4, 0.5) is 4.39 Å². The van der Waals surface area contributed by atoms with Crippen LogP contribution in [-0.4, -0.2) is 4.98 Å². The Labute approximate surface area is 123 Å². The SMILES string of the molecule is Cc1c[n+](Cc2ccccc2)cc(-c2ccc(F)cc2)n1. The van der Waals surface area contributed by atoms with Crippen LogP contribution in [0.1, 0.15) is 11.3 Å². The maximum atomic E-state index is 13.0. The van der Waals surface area contributed by atoms with Gasteiger partial charge >= 0.3 is 0 Å². The Bertz CT molecular complexity index is 737. The van der Waals surface area contributed by atoms with Gasteiger partial charge in [0.15, 0.2) is 18.9 Å². The van der Waals surface area contributed by atoms with Crippen molar-refractivity contribution >= 4 is 0 Å². The van der Waals surface area contributed by atoms with Crippen molar-refractivity contribution < 1.29 is 8.96 Å². The van der Waals surface area contributed by atoms with Crippen molar-refractivity contribution in [3.05, 3.63) is 84.1 Å². The summed E-state index contributed by atoms with van der Waals surface area (Å²) in [5, 5.41) is 0. The van der Waals surface area contributed by atoms with Crippen LogP contribution in [0.15, 0.2) is 67.0 Å². The van der Waals surface area contributed by atoms with Gasteiger partial charge in [0.25, 0.3) is 0 Å². The highest BCUT2D eigenvalue weighted by molar-refractivity contribution is 5.57. The second kappa shape index (κ2) is 5.83. The van der Waals surface area contributed by atoms with Gasteiger partial charge in [-0.3, -0.25) is 0 Å². The first-order valence-corrected chi connectivity index (χ1v) is 6.88. The molecule has 0 aliphatic carbocycles. The van der Waals surface area contributed by atoms with Gasteiger partial charge in [-0.2, -0.15) is 4.57 Å². The number of halogens is 1. The number of nitrogens with zero attached hydrogens (tertiary/aromatic N) is 2. The number of aryl methyl sites for hydroxylation is 1. The highest BCUT2D eigenvalue weighted by atomic mass is 19.1. The number of rotatable bonds is 3. The van der Waals surface area contributed by atoms with Gasteiger partial charge in [-0.25, -0.2) is 9.37 Å². The van der Waals surface area contributed by atoms with E-state index in [9.17, 15) is 4.39 Å². The average Bonchev–Trinajstić information content (AvgIpc) is 2.48. The first kappa shape index (κ1) is 13.4. The van der Waals surface area contributed by atoms with E-state index in [1.807, 2.05) is 37.5 Å². The summed E-state index contributed by atoms with van der Waals surface area (Å²) in [4.78, 5) is 4.53. The summed E-state index contributed by atoms with van der Waals surface area (Å²) in [5.41, 5.74) is 3.94. The van der Waals surface area contributed by atoms with Gasteiger partial charge in [-0.15, -0.1) is 0 Å². The van der Waals surface area contributed by atoms with Crippen molar-refractivity contribution in [2.75, 3.05) is 0 Å². The minimum atomic E-state index is -0.233. The molecule has 1 aromatic heterocycles. The Hall–Kier alpha value is -2.55. The second-order valence-electron chi connectivity index (χ2n) is 5.06. The van der Waals surface area contributed by atoms with E-state index in [-0.39, 0.29) is 5.82 Å². The molecule has 1 heterocycles.